The average molecular weight is 649 g/mol. The zero-order chi connectivity index (χ0) is 32.5. The number of thiophene rings is 1. The van der Waals surface area contributed by atoms with E-state index >= 15 is 0 Å². The highest BCUT2D eigenvalue weighted by molar-refractivity contribution is 7.13. The minimum atomic E-state index is -0.965. The largest absolute Gasteiger partial charge is 0.485 e. The van der Waals surface area contributed by atoms with Gasteiger partial charge < -0.3 is 15.2 Å². The Morgan fingerprint density at radius 3 is 2.26 bits per heavy atom. The van der Waals surface area contributed by atoms with Gasteiger partial charge in [0.15, 0.2) is 0 Å². The Labute approximate surface area is 277 Å². The lowest BCUT2D eigenvalue weighted by molar-refractivity contribution is -0.136. The van der Waals surface area contributed by atoms with Crippen molar-refractivity contribution >= 4 is 34.8 Å². The Kier molecular flexibility index (Phi) is 10.9. The number of carboxylic acid groups (broad SMARTS) is 1. The second-order valence-corrected chi connectivity index (χ2v) is 12.3. The molecule has 0 fully saturated rings. The monoisotopic (exact) mass is 648 g/mol. The topological polar surface area (TPSA) is 99.4 Å². The molecule has 1 heterocycles. The first-order valence-electron chi connectivity index (χ1n) is 15.1. The quantitative estimate of drug-likeness (QED) is 0.132. The van der Waals surface area contributed by atoms with Gasteiger partial charge in [0, 0.05) is 33.5 Å². The molecular weight excluding hydrogens is 616 g/mol. The standard InChI is InChI=1S/C38H33ClN2O4S/c1-2-4-33(25-8-12-29(13-9-25)38(44)41-21-20-36(42)43)37(28-14-17-31(39)18-15-28)45-32-19-16-30(24-40)34(23-32)26-6-10-27(11-7-26)35-5-3-22-46-35/h3,5-19,22-23,33,37H,2,4,20-21H2,1H3,(H,41,44)(H,42,43)/t33-,37+/m1/s1. The maximum absolute atomic E-state index is 12.6. The summed E-state index contributed by atoms with van der Waals surface area (Å²) in [6.07, 6.45) is 1.17. The van der Waals surface area contributed by atoms with Gasteiger partial charge in [-0.15, -0.1) is 11.3 Å². The molecule has 0 bridgehead atoms. The number of halogens is 1. The summed E-state index contributed by atoms with van der Waals surface area (Å²) in [7, 11) is 0. The molecular formula is C38H33ClN2O4S. The van der Waals surface area contributed by atoms with Crippen LogP contribution in [-0.2, 0) is 4.79 Å². The third-order valence-corrected chi connectivity index (χ3v) is 8.94. The van der Waals surface area contributed by atoms with Crippen LogP contribution in [0.4, 0.5) is 0 Å². The van der Waals surface area contributed by atoms with Crippen molar-refractivity contribution in [1.82, 2.24) is 5.32 Å². The molecule has 2 N–H and O–H groups in total. The van der Waals surface area contributed by atoms with E-state index in [1.165, 1.54) is 4.88 Å². The SMILES string of the molecule is CCC[C@H](c1ccc(C(=O)NCCC(=O)O)cc1)[C@@H](Oc1ccc(C#N)c(-c2ccc(-c3cccs3)cc2)c1)c1ccc(Cl)cc1. The van der Waals surface area contributed by atoms with Crippen molar-refractivity contribution in [2.75, 3.05) is 6.54 Å². The van der Waals surface area contributed by atoms with Gasteiger partial charge in [-0.2, -0.15) is 5.26 Å². The number of carboxylic acids is 1. The number of hydrogen-bond donors (Lipinski definition) is 2. The summed E-state index contributed by atoms with van der Waals surface area (Å²) >= 11 is 7.94. The lowest BCUT2D eigenvalue weighted by Gasteiger charge is -2.29. The maximum atomic E-state index is 12.6. The van der Waals surface area contributed by atoms with Gasteiger partial charge in [0.1, 0.15) is 11.9 Å². The highest BCUT2D eigenvalue weighted by Gasteiger charge is 2.27. The maximum Gasteiger partial charge on any atom is 0.305 e. The molecule has 1 amide bonds. The molecule has 232 valence electrons. The molecule has 0 unspecified atom stereocenters. The number of nitrogens with zero attached hydrogens (tertiary/aromatic N) is 1. The minimum Gasteiger partial charge on any atom is -0.485 e. The van der Waals surface area contributed by atoms with Crippen LogP contribution >= 0.6 is 22.9 Å². The van der Waals surface area contributed by atoms with E-state index in [1.807, 2.05) is 66.7 Å². The summed E-state index contributed by atoms with van der Waals surface area (Å²) in [6, 6.07) is 35.2. The fourth-order valence-corrected chi connectivity index (χ4v) is 6.30. The van der Waals surface area contributed by atoms with Crippen LogP contribution in [0.1, 0.15) is 65.3 Å². The Morgan fingerprint density at radius 1 is 0.935 bits per heavy atom. The molecule has 0 aliphatic rings. The highest BCUT2D eigenvalue weighted by atomic mass is 35.5. The van der Waals surface area contributed by atoms with Crippen molar-refractivity contribution in [1.29, 1.82) is 5.26 Å². The third kappa shape index (κ3) is 8.02. The number of carbonyl (C=O) groups excluding carboxylic acids is 1. The molecule has 0 radical (unpaired) electrons. The number of hydrogen-bond acceptors (Lipinski definition) is 5. The van der Waals surface area contributed by atoms with Gasteiger partial charge >= 0.3 is 5.97 Å². The number of amides is 1. The fourth-order valence-electron chi connectivity index (χ4n) is 5.44. The highest BCUT2D eigenvalue weighted by Crippen LogP contribution is 2.40. The predicted octanol–water partition coefficient (Wildman–Crippen LogP) is 9.52. The molecule has 0 spiro atoms. The van der Waals surface area contributed by atoms with Gasteiger partial charge in [-0.05, 0) is 82.6 Å². The van der Waals surface area contributed by atoms with Crippen molar-refractivity contribution < 1.29 is 19.4 Å². The normalized spacial score (nSPS) is 12.1. The molecule has 0 aliphatic carbocycles. The molecule has 5 rings (SSSR count). The van der Waals surface area contributed by atoms with Gasteiger partial charge in [-0.3, -0.25) is 9.59 Å². The number of aliphatic carboxylic acids is 1. The van der Waals surface area contributed by atoms with Gasteiger partial charge in [-0.1, -0.05) is 79.5 Å². The predicted molar refractivity (Wildman–Crippen MR) is 183 cm³/mol. The summed E-state index contributed by atoms with van der Waals surface area (Å²) < 4.78 is 6.82. The molecule has 0 saturated carbocycles. The molecule has 46 heavy (non-hydrogen) atoms. The Bertz CT molecular complexity index is 1810. The molecule has 0 aliphatic heterocycles. The number of rotatable bonds is 13. The van der Waals surface area contributed by atoms with Crippen molar-refractivity contribution in [3.05, 3.63) is 136 Å². The van der Waals surface area contributed by atoms with Crippen LogP contribution in [0, 0.1) is 11.3 Å². The number of ether oxygens (including phenoxy) is 1. The second kappa shape index (κ2) is 15.4. The summed E-state index contributed by atoms with van der Waals surface area (Å²) in [5.74, 6) is -0.724. The van der Waals surface area contributed by atoms with Gasteiger partial charge in [0.05, 0.1) is 18.1 Å². The van der Waals surface area contributed by atoms with Crippen LogP contribution in [-0.4, -0.2) is 23.5 Å². The number of nitriles is 1. The summed E-state index contributed by atoms with van der Waals surface area (Å²) in [4.78, 5) is 24.6. The van der Waals surface area contributed by atoms with E-state index in [4.69, 9.17) is 21.4 Å². The van der Waals surface area contributed by atoms with E-state index in [9.17, 15) is 14.9 Å². The van der Waals surface area contributed by atoms with Crippen LogP contribution < -0.4 is 10.1 Å². The van der Waals surface area contributed by atoms with Crippen molar-refractivity contribution in [3.8, 4) is 33.4 Å². The molecule has 2 atom stereocenters. The van der Waals surface area contributed by atoms with E-state index in [-0.39, 0.29) is 24.8 Å². The average Bonchev–Trinajstić information content (AvgIpc) is 3.62. The van der Waals surface area contributed by atoms with Crippen molar-refractivity contribution in [3.63, 3.8) is 0 Å². The number of carbonyl (C=O) groups is 2. The molecule has 5 aromatic rings. The van der Waals surface area contributed by atoms with Gasteiger partial charge in [-0.25, -0.2) is 0 Å². The van der Waals surface area contributed by atoms with Crippen molar-refractivity contribution in [2.24, 2.45) is 0 Å². The smallest absolute Gasteiger partial charge is 0.305 e. The lowest BCUT2D eigenvalue weighted by atomic mass is 9.85. The Hall–Kier alpha value is -4.90. The third-order valence-electron chi connectivity index (χ3n) is 7.77. The van der Waals surface area contributed by atoms with Crippen LogP contribution in [0.3, 0.4) is 0 Å². The van der Waals surface area contributed by atoms with Crippen LogP contribution in [0.25, 0.3) is 21.6 Å². The Balaban J connectivity index is 1.46. The first-order chi connectivity index (χ1) is 22.4. The van der Waals surface area contributed by atoms with E-state index in [0.29, 0.717) is 21.9 Å². The van der Waals surface area contributed by atoms with Crippen LogP contribution in [0.15, 0.2) is 109 Å². The zero-order valence-electron chi connectivity index (χ0n) is 25.3. The van der Waals surface area contributed by atoms with Gasteiger partial charge in [0.2, 0.25) is 0 Å². The molecule has 6 nitrogen and oxygen atoms in total. The van der Waals surface area contributed by atoms with Gasteiger partial charge in [0.25, 0.3) is 5.91 Å². The zero-order valence-corrected chi connectivity index (χ0v) is 26.9. The molecule has 0 saturated heterocycles. The fraction of sp³-hybridized carbons (Fsp3) is 0.184. The van der Waals surface area contributed by atoms with Crippen molar-refractivity contribution in [2.45, 2.75) is 38.2 Å². The molecule has 8 heteroatoms. The summed E-state index contributed by atoms with van der Waals surface area (Å²) in [5.41, 5.74) is 5.80. The first-order valence-corrected chi connectivity index (χ1v) is 16.3. The lowest BCUT2D eigenvalue weighted by Crippen LogP contribution is -2.26. The van der Waals surface area contributed by atoms with E-state index in [1.54, 1.807) is 29.5 Å². The first kappa shape index (κ1) is 32.5. The van der Waals surface area contributed by atoms with Crippen LogP contribution in [0.5, 0.6) is 5.75 Å². The number of benzene rings is 4. The van der Waals surface area contributed by atoms with E-state index in [0.717, 1.165) is 40.7 Å². The molecule has 1 aromatic heterocycles. The summed E-state index contributed by atoms with van der Waals surface area (Å²) in [5, 5.41) is 24.1. The second-order valence-electron chi connectivity index (χ2n) is 10.9. The number of nitrogens with one attached hydrogen (secondary N) is 1. The molecule has 4 aromatic carbocycles. The van der Waals surface area contributed by atoms with E-state index < -0.39 is 12.1 Å². The van der Waals surface area contributed by atoms with Crippen LogP contribution in [0.2, 0.25) is 5.02 Å². The minimum absolute atomic E-state index is 0.0617. The Morgan fingerprint density at radius 2 is 1.63 bits per heavy atom. The van der Waals surface area contributed by atoms with E-state index in [2.05, 4.69) is 41.9 Å². The summed E-state index contributed by atoms with van der Waals surface area (Å²) in [6.45, 7) is 2.18.